The predicted molar refractivity (Wildman–Crippen MR) is 76.4 cm³/mol. The molecule has 106 valence electrons. The molecule has 2 aromatic rings. The molecule has 1 aromatic heterocycles. The van der Waals surface area contributed by atoms with E-state index < -0.39 is 5.60 Å². The Morgan fingerprint density at radius 1 is 1.35 bits per heavy atom. The first-order chi connectivity index (χ1) is 9.56. The number of fused-ring (bicyclic) bond motifs is 1. The average Bonchev–Trinajstić information content (AvgIpc) is 3.02. The first-order valence-electron chi connectivity index (χ1n) is 6.85. The van der Waals surface area contributed by atoms with Gasteiger partial charge in [-0.2, -0.15) is 0 Å². The van der Waals surface area contributed by atoms with Crippen molar-refractivity contribution in [2.24, 2.45) is 0 Å². The largest absolute Gasteiger partial charge is 0.451 e. The number of nitrogens with one attached hydrogen (secondary N) is 1. The van der Waals surface area contributed by atoms with Gasteiger partial charge in [0.05, 0.1) is 5.60 Å². The minimum atomic E-state index is -0.758. The first-order valence-corrected chi connectivity index (χ1v) is 6.85. The lowest BCUT2D eigenvalue weighted by Crippen LogP contribution is -2.40. The Kier molecular flexibility index (Phi) is 3.14. The van der Waals surface area contributed by atoms with Gasteiger partial charge in [-0.25, -0.2) is 0 Å². The van der Waals surface area contributed by atoms with E-state index in [0.29, 0.717) is 11.3 Å². The molecule has 0 aliphatic heterocycles. The van der Waals surface area contributed by atoms with Gasteiger partial charge in [0.25, 0.3) is 5.91 Å². The van der Waals surface area contributed by atoms with Crippen LogP contribution in [0.2, 0.25) is 0 Å². The van der Waals surface area contributed by atoms with Crippen molar-refractivity contribution in [2.45, 2.75) is 31.3 Å². The van der Waals surface area contributed by atoms with Crippen LogP contribution >= 0.6 is 0 Å². The minimum Gasteiger partial charge on any atom is -0.451 e. The van der Waals surface area contributed by atoms with Gasteiger partial charge in [-0.1, -0.05) is 12.8 Å². The quantitative estimate of drug-likeness (QED) is 0.747. The zero-order chi connectivity index (χ0) is 14.2. The maximum Gasteiger partial charge on any atom is 0.287 e. The van der Waals surface area contributed by atoms with Gasteiger partial charge >= 0.3 is 0 Å². The molecule has 1 saturated carbocycles. The molecule has 1 aliphatic carbocycles. The van der Waals surface area contributed by atoms with Crippen LogP contribution in [0.4, 0.5) is 5.69 Å². The lowest BCUT2D eigenvalue weighted by atomic mass is 10.0. The number of carbonyl (C=O) groups is 1. The van der Waals surface area contributed by atoms with E-state index in [9.17, 15) is 9.90 Å². The van der Waals surface area contributed by atoms with E-state index in [1.54, 1.807) is 24.3 Å². The number of hydrogen-bond acceptors (Lipinski definition) is 4. The zero-order valence-electron chi connectivity index (χ0n) is 11.2. The second-order valence-corrected chi connectivity index (χ2v) is 5.52. The molecule has 1 aliphatic rings. The molecule has 3 rings (SSSR count). The van der Waals surface area contributed by atoms with Crippen LogP contribution in [0.5, 0.6) is 0 Å². The lowest BCUT2D eigenvalue weighted by molar-refractivity contribution is 0.0444. The number of anilines is 1. The molecule has 0 radical (unpaired) electrons. The van der Waals surface area contributed by atoms with Crippen molar-refractivity contribution in [3.63, 3.8) is 0 Å². The van der Waals surface area contributed by atoms with Gasteiger partial charge in [0.1, 0.15) is 5.58 Å². The van der Waals surface area contributed by atoms with Crippen LogP contribution in [0.15, 0.2) is 28.7 Å². The topological polar surface area (TPSA) is 88.5 Å². The van der Waals surface area contributed by atoms with E-state index in [4.69, 9.17) is 10.2 Å². The van der Waals surface area contributed by atoms with Crippen LogP contribution in [-0.2, 0) is 0 Å². The van der Waals surface area contributed by atoms with Crippen molar-refractivity contribution in [2.75, 3.05) is 12.3 Å². The summed E-state index contributed by atoms with van der Waals surface area (Å²) in [6.45, 7) is 0.269. The second-order valence-electron chi connectivity index (χ2n) is 5.52. The van der Waals surface area contributed by atoms with Crippen molar-refractivity contribution in [1.29, 1.82) is 0 Å². The van der Waals surface area contributed by atoms with E-state index in [1.807, 2.05) is 0 Å². The van der Waals surface area contributed by atoms with Crippen LogP contribution in [0, 0.1) is 0 Å². The normalized spacial score (nSPS) is 17.4. The Balaban J connectivity index is 1.72. The Morgan fingerprint density at radius 2 is 2.10 bits per heavy atom. The lowest BCUT2D eigenvalue weighted by Gasteiger charge is -2.21. The maximum atomic E-state index is 12.1. The first kappa shape index (κ1) is 13.0. The molecule has 1 amide bonds. The number of nitrogens with two attached hydrogens (primary N) is 1. The molecule has 5 heteroatoms. The summed E-state index contributed by atoms with van der Waals surface area (Å²) in [7, 11) is 0. The smallest absolute Gasteiger partial charge is 0.287 e. The second kappa shape index (κ2) is 4.83. The third-order valence-corrected chi connectivity index (χ3v) is 3.88. The van der Waals surface area contributed by atoms with E-state index >= 15 is 0 Å². The van der Waals surface area contributed by atoms with Gasteiger partial charge in [0, 0.05) is 17.6 Å². The summed E-state index contributed by atoms with van der Waals surface area (Å²) in [5, 5.41) is 13.7. The van der Waals surface area contributed by atoms with E-state index in [0.717, 1.165) is 31.1 Å². The van der Waals surface area contributed by atoms with Crippen molar-refractivity contribution >= 4 is 22.6 Å². The third-order valence-electron chi connectivity index (χ3n) is 3.88. The molecular weight excluding hydrogens is 256 g/mol. The summed E-state index contributed by atoms with van der Waals surface area (Å²) in [4.78, 5) is 12.1. The highest BCUT2D eigenvalue weighted by Gasteiger charge is 2.31. The van der Waals surface area contributed by atoms with Crippen molar-refractivity contribution < 1.29 is 14.3 Å². The molecule has 0 spiro atoms. The Bertz CT molecular complexity index is 642. The summed E-state index contributed by atoms with van der Waals surface area (Å²) >= 11 is 0. The van der Waals surface area contributed by atoms with Crippen molar-refractivity contribution in [1.82, 2.24) is 5.32 Å². The number of amides is 1. The van der Waals surface area contributed by atoms with Crippen molar-refractivity contribution in [3.8, 4) is 0 Å². The summed E-state index contributed by atoms with van der Waals surface area (Å²) < 4.78 is 5.48. The summed E-state index contributed by atoms with van der Waals surface area (Å²) in [6, 6.07) is 6.90. The number of aliphatic hydroxyl groups is 1. The van der Waals surface area contributed by atoms with Gasteiger partial charge in [0.15, 0.2) is 5.76 Å². The number of furan rings is 1. The van der Waals surface area contributed by atoms with Gasteiger partial charge in [0.2, 0.25) is 0 Å². The highest BCUT2D eigenvalue weighted by atomic mass is 16.3. The molecule has 20 heavy (non-hydrogen) atoms. The molecule has 0 bridgehead atoms. The molecule has 4 N–H and O–H groups in total. The SMILES string of the molecule is Nc1ccc2oc(C(=O)NCC3(O)CCCC3)cc2c1. The van der Waals surface area contributed by atoms with E-state index in [1.165, 1.54) is 0 Å². The Morgan fingerprint density at radius 3 is 2.85 bits per heavy atom. The fourth-order valence-electron chi connectivity index (χ4n) is 2.72. The standard InChI is InChI=1S/C15H18N2O3/c16-11-3-4-12-10(7-11)8-13(20-12)14(18)17-9-15(19)5-1-2-6-15/h3-4,7-8,19H,1-2,5-6,9,16H2,(H,17,18). The third kappa shape index (κ3) is 2.49. The predicted octanol–water partition coefficient (Wildman–Crippen LogP) is 2.05. The molecule has 1 heterocycles. The highest BCUT2D eigenvalue weighted by Crippen LogP contribution is 2.28. The monoisotopic (exact) mass is 274 g/mol. The summed E-state index contributed by atoms with van der Waals surface area (Å²) in [5.74, 6) is -0.0627. The van der Waals surface area contributed by atoms with Gasteiger partial charge < -0.3 is 20.6 Å². The molecular formula is C15H18N2O3. The molecule has 0 unspecified atom stereocenters. The fraction of sp³-hybridized carbons (Fsp3) is 0.400. The number of benzene rings is 1. The number of rotatable bonds is 3. The number of nitrogen functional groups attached to an aromatic ring is 1. The van der Waals surface area contributed by atoms with Gasteiger partial charge in [-0.15, -0.1) is 0 Å². The van der Waals surface area contributed by atoms with Gasteiger partial charge in [-0.05, 0) is 37.1 Å². The highest BCUT2D eigenvalue weighted by molar-refractivity contribution is 5.96. The van der Waals surface area contributed by atoms with E-state index in [2.05, 4.69) is 5.32 Å². The number of carbonyl (C=O) groups excluding carboxylic acids is 1. The van der Waals surface area contributed by atoms with Crippen LogP contribution in [-0.4, -0.2) is 23.2 Å². The molecule has 0 saturated heterocycles. The number of hydrogen-bond donors (Lipinski definition) is 3. The van der Waals surface area contributed by atoms with E-state index in [-0.39, 0.29) is 18.2 Å². The van der Waals surface area contributed by atoms with Crippen LogP contribution < -0.4 is 11.1 Å². The minimum absolute atomic E-state index is 0.243. The van der Waals surface area contributed by atoms with Crippen LogP contribution in [0.25, 0.3) is 11.0 Å². The zero-order valence-corrected chi connectivity index (χ0v) is 11.2. The maximum absolute atomic E-state index is 12.1. The molecule has 1 aromatic carbocycles. The van der Waals surface area contributed by atoms with Crippen LogP contribution in [0.3, 0.4) is 0 Å². The molecule has 0 atom stereocenters. The Hall–Kier alpha value is -2.01. The average molecular weight is 274 g/mol. The summed E-state index contributed by atoms with van der Waals surface area (Å²) in [5.41, 5.74) is 6.19. The summed E-state index contributed by atoms with van der Waals surface area (Å²) in [6.07, 6.45) is 3.50. The Labute approximate surface area is 116 Å². The fourth-order valence-corrected chi connectivity index (χ4v) is 2.72. The molecule has 5 nitrogen and oxygen atoms in total. The van der Waals surface area contributed by atoms with Crippen molar-refractivity contribution in [3.05, 3.63) is 30.0 Å². The molecule has 1 fully saturated rings. The van der Waals surface area contributed by atoms with Gasteiger partial charge in [-0.3, -0.25) is 4.79 Å². The van der Waals surface area contributed by atoms with Crippen LogP contribution in [0.1, 0.15) is 36.2 Å².